The zero-order valence-electron chi connectivity index (χ0n) is 7.35. The standard InChI is InChI=1S/Ca.ClH.2H2O4S.2H/c;;2*1-5(2,3)4;;/h;1H;2*(H2,1,2,3,4);;/q+2;;;;2*-1. The molecule has 0 fully saturated rings. The van der Waals surface area contributed by atoms with E-state index in [0.717, 1.165) is 0 Å². The maximum atomic E-state index is 8.74. The average molecular weight is 275 g/mol. The Balaban J connectivity index is -0.0000000178. The molecule has 8 nitrogen and oxygen atoms in total. The number of rotatable bonds is 0. The molecule has 12 heteroatoms. The fourth-order valence-corrected chi connectivity index (χ4v) is 0. The van der Waals surface area contributed by atoms with E-state index in [4.69, 9.17) is 35.0 Å². The molecule has 12 heavy (non-hydrogen) atoms. The molecule has 0 aromatic carbocycles. The van der Waals surface area contributed by atoms with E-state index >= 15 is 0 Å². The van der Waals surface area contributed by atoms with E-state index in [0.29, 0.717) is 0 Å². The summed E-state index contributed by atoms with van der Waals surface area (Å²) >= 11 is 0. The summed E-state index contributed by atoms with van der Waals surface area (Å²) in [4.78, 5) is 0. The normalized spacial score (nSPS) is 9.67. The predicted octanol–water partition coefficient (Wildman–Crippen LogP) is -1.04. The third-order valence-corrected chi connectivity index (χ3v) is 0. The molecule has 0 aliphatic carbocycles. The van der Waals surface area contributed by atoms with Crippen LogP contribution in [-0.2, 0) is 20.8 Å². The van der Waals surface area contributed by atoms with Crippen molar-refractivity contribution < 1.29 is 37.9 Å². The fourth-order valence-electron chi connectivity index (χ4n) is 0. The van der Waals surface area contributed by atoms with Crippen LogP contribution in [0.15, 0.2) is 0 Å². The molecule has 0 unspecified atom stereocenters. The van der Waals surface area contributed by atoms with Gasteiger partial charge in [0.15, 0.2) is 0 Å². The summed E-state index contributed by atoms with van der Waals surface area (Å²) in [6, 6.07) is 0. The van der Waals surface area contributed by atoms with Crippen molar-refractivity contribution in [2.45, 2.75) is 0 Å². The molecule has 0 spiro atoms. The van der Waals surface area contributed by atoms with E-state index in [-0.39, 0.29) is 53.0 Å². The molecule has 0 atom stereocenters. The second kappa shape index (κ2) is 8.87. The van der Waals surface area contributed by atoms with Gasteiger partial charge >= 0.3 is 58.5 Å². The van der Waals surface area contributed by atoms with Crippen LogP contribution in [0.3, 0.4) is 0 Å². The van der Waals surface area contributed by atoms with Crippen molar-refractivity contribution in [3.63, 3.8) is 0 Å². The van der Waals surface area contributed by atoms with Crippen molar-refractivity contribution in [1.29, 1.82) is 0 Å². The zero-order chi connectivity index (χ0) is 9.00. The van der Waals surface area contributed by atoms with Gasteiger partial charge in [-0.3, -0.25) is 18.2 Å². The van der Waals surface area contributed by atoms with Gasteiger partial charge in [-0.25, -0.2) is 0 Å². The third-order valence-electron chi connectivity index (χ3n) is 0. The molecule has 0 amide bonds. The van der Waals surface area contributed by atoms with Crippen LogP contribution in [-0.4, -0.2) is 72.8 Å². The van der Waals surface area contributed by atoms with Gasteiger partial charge in [0, 0.05) is 0 Å². The Bertz CT molecular complexity index is 222. The summed E-state index contributed by atoms with van der Waals surface area (Å²) in [5.41, 5.74) is 0. The molecule has 0 aromatic heterocycles. The van der Waals surface area contributed by atoms with Crippen molar-refractivity contribution in [1.82, 2.24) is 0 Å². The summed E-state index contributed by atoms with van der Waals surface area (Å²) in [5.74, 6) is 0. The molecule has 4 N–H and O–H groups in total. The van der Waals surface area contributed by atoms with E-state index in [1.807, 2.05) is 0 Å². The van der Waals surface area contributed by atoms with Crippen molar-refractivity contribution >= 4 is 70.9 Å². The maximum absolute atomic E-state index is 8.74. The Morgan fingerprint density at radius 2 is 0.750 bits per heavy atom. The fraction of sp³-hybridized carbons (Fsp3) is 0. The minimum Gasteiger partial charge on any atom is -1.00 e. The van der Waals surface area contributed by atoms with Crippen LogP contribution >= 0.6 is 12.4 Å². The smallest absolute Gasteiger partial charge is 1.00 e. The molecule has 0 saturated heterocycles. The molecule has 0 bridgehead atoms. The SMILES string of the molecule is Cl.O=S(=O)(O)O.O=S(=O)(O)O.[Ca+2].[H-].[H-]. The van der Waals surface area contributed by atoms with Gasteiger partial charge in [0.1, 0.15) is 0 Å². The Kier molecular flexibility index (Phi) is 17.2. The second-order valence-corrected chi connectivity index (χ2v) is 2.69. The van der Waals surface area contributed by atoms with Gasteiger partial charge < -0.3 is 2.85 Å². The summed E-state index contributed by atoms with van der Waals surface area (Å²) in [7, 11) is -9.33. The summed E-state index contributed by atoms with van der Waals surface area (Å²) in [6.07, 6.45) is 0. The van der Waals surface area contributed by atoms with Gasteiger partial charge in [-0.2, -0.15) is 16.8 Å². The van der Waals surface area contributed by atoms with Crippen LogP contribution < -0.4 is 0 Å². The van der Waals surface area contributed by atoms with Gasteiger partial charge in [0.05, 0.1) is 0 Å². The van der Waals surface area contributed by atoms with Crippen LogP contribution in [0, 0.1) is 0 Å². The maximum Gasteiger partial charge on any atom is 2.00 e. The average Bonchev–Trinajstić information content (AvgIpc) is 1.12. The van der Waals surface area contributed by atoms with Crippen molar-refractivity contribution in [2.24, 2.45) is 0 Å². The number of hydrogen-bond acceptors (Lipinski definition) is 4. The molecule has 0 saturated carbocycles. The summed E-state index contributed by atoms with van der Waals surface area (Å²) < 4.78 is 63.2. The molecule has 0 rings (SSSR count). The van der Waals surface area contributed by atoms with Crippen LogP contribution in [0.1, 0.15) is 2.85 Å². The van der Waals surface area contributed by atoms with E-state index in [9.17, 15) is 0 Å². The van der Waals surface area contributed by atoms with Crippen LogP contribution in [0.2, 0.25) is 0 Å². The van der Waals surface area contributed by atoms with E-state index < -0.39 is 20.8 Å². The predicted molar refractivity (Wildman–Crippen MR) is 43.6 cm³/mol. The first-order valence-corrected chi connectivity index (χ1v) is 4.19. The topological polar surface area (TPSA) is 149 Å². The molecule has 76 valence electrons. The van der Waals surface area contributed by atoms with Crippen molar-refractivity contribution in [3.05, 3.63) is 0 Å². The van der Waals surface area contributed by atoms with Crippen molar-refractivity contribution in [3.8, 4) is 0 Å². The first-order valence-electron chi connectivity index (χ1n) is 1.40. The Morgan fingerprint density at radius 3 is 0.750 bits per heavy atom. The first kappa shape index (κ1) is 23.3. The molecular formula is H7CaClO8S2. The first-order chi connectivity index (χ1) is 4.00. The molecule has 0 aliphatic heterocycles. The minimum atomic E-state index is -4.67. The molecule has 0 heterocycles. The molecule has 0 aliphatic rings. The van der Waals surface area contributed by atoms with Gasteiger partial charge in [-0.1, -0.05) is 0 Å². The summed E-state index contributed by atoms with van der Waals surface area (Å²) in [5, 5.41) is 0. The van der Waals surface area contributed by atoms with Gasteiger partial charge in [0.25, 0.3) is 0 Å². The largest absolute Gasteiger partial charge is 2.00 e. The second-order valence-electron chi connectivity index (χ2n) is 0.896. The van der Waals surface area contributed by atoms with Gasteiger partial charge in [-0.15, -0.1) is 12.4 Å². The quantitative estimate of drug-likeness (QED) is 0.323. The van der Waals surface area contributed by atoms with Crippen LogP contribution in [0.25, 0.3) is 0 Å². The molecule has 0 aromatic rings. The van der Waals surface area contributed by atoms with Gasteiger partial charge in [0.2, 0.25) is 0 Å². The Morgan fingerprint density at radius 1 is 0.750 bits per heavy atom. The number of halogens is 1. The zero-order valence-corrected chi connectivity index (χ0v) is 10.0. The van der Waals surface area contributed by atoms with Gasteiger partial charge in [-0.05, 0) is 0 Å². The van der Waals surface area contributed by atoms with E-state index in [1.54, 1.807) is 0 Å². The number of hydrogen-bond donors (Lipinski definition) is 4. The van der Waals surface area contributed by atoms with Crippen LogP contribution in [0.4, 0.5) is 0 Å². The van der Waals surface area contributed by atoms with Crippen molar-refractivity contribution in [2.75, 3.05) is 0 Å². The molecular weight excluding hydrogens is 268 g/mol. The monoisotopic (exact) mass is 274 g/mol. The Hall–Kier alpha value is 1.29. The summed E-state index contributed by atoms with van der Waals surface area (Å²) in [6.45, 7) is 0. The van der Waals surface area contributed by atoms with E-state index in [1.165, 1.54) is 0 Å². The Labute approximate surface area is 108 Å². The molecule has 0 radical (unpaired) electrons. The van der Waals surface area contributed by atoms with Crippen LogP contribution in [0.5, 0.6) is 0 Å². The third kappa shape index (κ3) is 719. The minimum absolute atomic E-state index is 0. The van der Waals surface area contributed by atoms with E-state index in [2.05, 4.69) is 0 Å².